The summed E-state index contributed by atoms with van der Waals surface area (Å²) in [6.07, 6.45) is 4.41. The number of rotatable bonds is 7. The first-order valence-corrected chi connectivity index (χ1v) is 12.5. The molecule has 1 aromatic carbocycles. The molecule has 4 rings (SSSR count). The molecule has 1 atom stereocenters. The maximum absolute atomic E-state index is 12.5. The number of hydrogen-bond acceptors (Lipinski definition) is 5. The van der Waals surface area contributed by atoms with Gasteiger partial charge in [-0.2, -0.15) is 0 Å². The molecule has 7 heteroatoms. The molecule has 1 aliphatic rings. The second-order valence-electron chi connectivity index (χ2n) is 7.80. The monoisotopic (exact) mass is 440 g/mol. The van der Waals surface area contributed by atoms with Gasteiger partial charge in [-0.25, -0.2) is 0 Å². The van der Waals surface area contributed by atoms with E-state index in [2.05, 4.69) is 46.2 Å². The molecule has 0 bridgehead atoms. The summed E-state index contributed by atoms with van der Waals surface area (Å²) in [5.41, 5.74) is 4.71. The molecule has 2 aromatic heterocycles. The Morgan fingerprint density at radius 1 is 1.30 bits per heavy atom. The third kappa shape index (κ3) is 4.32. The number of carbonyl (C=O) groups is 1. The molecule has 0 saturated carbocycles. The fourth-order valence-corrected chi connectivity index (χ4v) is 6.06. The van der Waals surface area contributed by atoms with E-state index in [1.165, 1.54) is 40.6 Å². The first-order valence-electron chi connectivity index (χ1n) is 10.6. The normalized spacial score (nSPS) is 15.8. The number of aryl methyl sites for hydroxylation is 1. The Morgan fingerprint density at radius 3 is 2.93 bits per heavy atom. The lowest BCUT2D eigenvalue weighted by Gasteiger charge is -2.19. The van der Waals surface area contributed by atoms with E-state index in [9.17, 15) is 4.79 Å². The molecule has 0 fully saturated rings. The zero-order valence-electron chi connectivity index (χ0n) is 17.8. The van der Waals surface area contributed by atoms with E-state index in [1.807, 2.05) is 35.6 Å². The molecule has 1 aliphatic carbocycles. The maximum atomic E-state index is 12.5. The van der Waals surface area contributed by atoms with E-state index in [-0.39, 0.29) is 5.91 Å². The van der Waals surface area contributed by atoms with Crippen molar-refractivity contribution in [3.8, 4) is 11.4 Å². The second kappa shape index (κ2) is 9.35. The Morgan fingerprint density at radius 2 is 2.13 bits per heavy atom. The number of nitrogens with one attached hydrogen (secondary N) is 1. The van der Waals surface area contributed by atoms with E-state index < -0.39 is 0 Å². The number of amides is 1. The van der Waals surface area contributed by atoms with Crippen LogP contribution in [0.3, 0.4) is 0 Å². The Bertz CT molecular complexity index is 1040. The number of nitrogens with zero attached hydrogens (tertiary/aromatic N) is 3. The summed E-state index contributed by atoms with van der Waals surface area (Å²) in [6.45, 7) is 7.31. The summed E-state index contributed by atoms with van der Waals surface area (Å²) in [5, 5.41) is 15.0. The summed E-state index contributed by atoms with van der Waals surface area (Å²) >= 11 is 3.30. The predicted molar refractivity (Wildman–Crippen MR) is 125 cm³/mol. The maximum Gasteiger partial charge on any atom is 0.234 e. The fourth-order valence-electron chi connectivity index (χ4n) is 4.01. The van der Waals surface area contributed by atoms with Gasteiger partial charge in [0.2, 0.25) is 5.91 Å². The lowest BCUT2D eigenvalue weighted by atomic mass is 9.88. The fraction of sp³-hybridized carbons (Fsp3) is 0.435. The average Bonchev–Trinajstić information content (AvgIpc) is 3.35. The zero-order valence-corrected chi connectivity index (χ0v) is 19.4. The van der Waals surface area contributed by atoms with E-state index >= 15 is 0 Å². The van der Waals surface area contributed by atoms with Gasteiger partial charge in [-0.3, -0.25) is 4.79 Å². The third-order valence-corrected chi connectivity index (χ3v) is 7.70. The van der Waals surface area contributed by atoms with Crippen molar-refractivity contribution in [2.24, 2.45) is 5.92 Å². The van der Waals surface area contributed by atoms with Gasteiger partial charge in [0, 0.05) is 28.1 Å². The van der Waals surface area contributed by atoms with E-state index in [1.54, 1.807) is 0 Å². The highest BCUT2D eigenvalue weighted by Crippen LogP contribution is 2.38. The molecule has 158 valence electrons. The standard InChI is InChI=1S/C23H28N4OS2/c1-4-16-8-6-7-9-19(16)24-21(28)14-30-23-26-25-22(27(23)5-2)18-13-29-20-12-15(3)10-11-17(18)20/h6-9,13,15H,4-5,10-12,14H2,1-3H3,(H,24,28). The topological polar surface area (TPSA) is 59.8 Å². The number of fused-ring (bicyclic) bond motifs is 1. The molecule has 0 saturated heterocycles. The molecular formula is C23H28N4OS2. The first kappa shape index (κ1) is 21.1. The molecule has 2 heterocycles. The van der Waals surface area contributed by atoms with Gasteiger partial charge in [-0.05, 0) is 55.7 Å². The van der Waals surface area contributed by atoms with Gasteiger partial charge in [0.1, 0.15) is 0 Å². The number of hydrogen-bond donors (Lipinski definition) is 1. The minimum atomic E-state index is -0.0185. The Kier molecular flexibility index (Phi) is 6.58. The summed E-state index contributed by atoms with van der Waals surface area (Å²) in [7, 11) is 0. The van der Waals surface area contributed by atoms with Crippen LogP contribution in [0.25, 0.3) is 11.4 Å². The SMILES string of the molecule is CCc1ccccc1NC(=O)CSc1nnc(-c2csc3c2CCC(C)C3)n1CC. The number of carbonyl (C=O) groups excluding carboxylic acids is 1. The van der Waals surface area contributed by atoms with Crippen LogP contribution in [0.5, 0.6) is 0 Å². The predicted octanol–water partition coefficient (Wildman–Crippen LogP) is 5.44. The van der Waals surface area contributed by atoms with Gasteiger partial charge in [-0.15, -0.1) is 21.5 Å². The van der Waals surface area contributed by atoms with E-state index in [4.69, 9.17) is 0 Å². The van der Waals surface area contributed by atoms with Crippen molar-refractivity contribution in [2.75, 3.05) is 11.1 Å². The summed E-state index contributed by atoms with van der Waals surface area (Å²) < 4.78 is 2.14. The van der Waals surface area contributed by atoms with Crippen LogP contribution in [0.4, 0.5) is 5.69 Å². The molecule has 0 spiro atoms. The molecule has 3 aromatic rings. The molecule has 5 nitrogen and oxygen atoms in total. The summed E-state index contributed by atoms with van der Waals surface area (Å²) in [6, 6.07) is 7.95. The number of anilines is 1. The average molecular weight is 441 g/mol. The van der Waals surface area contributed by atoms with Crippen molar-refractivity contribution in [1.82, 2.24) is 14.8 Å². The largest absolute Gasteiger partial charge is 0.325 e. The number of para-hydroxylation sites is 1. The van der Waals surface area contributed by atoms with Crippen molar-refractivity contribution in [2.45, 2.75) is 58.2 Å². The van der Waals surface area contributed by atoms with Crippen LogP contribution in [-0.2, 0) is 30.6 Å². The third-order valence-electron chi connectivity index (χ3n) is 5.68. The Labute approximate surface area is 186 Å². The Hall–Kier alpha value is -2.12. The smallest absolute Gasteiger partial charge is 0.234 e. The minimum Gasteiger partial charge on any atom is -0.325 e. The number of thioether (sulfide) groups is 1. The molecule has 1 amide bonds. The highest BCUT2D eigenvalue weighted by Gasteiger charge is 2.24. The Balaban J connectivity index is 1.48. The molecule has 1 unspecified atom stereocenters. The van der Waals surface area contributed by atoms with Crippen LogP contribution in [0.1, 0.15) is 43.2 Å². The summed E-state index contributed by atoms with van der Waals surface area (Å²) in [4.78, 5) is 14.0. The van der Waals surface area contributed by atoms with Crippen molar-refractivity contribution in [3.05, 3.63) is 45.6 Å². The molecular weight excluding hydrogens is 412 g/mol. The van der Waals surface area contributed by atoms with Crippen LogP contribution in [-0.4, -0.2) is 26.4 Å². The first-order chi connectivity index (χ1) is 14.6. The van der Waals surface area contributed by atoms with Gasteiger partial charge >= 0.3 is 0 Å². The van der Waals surface area contributed by atoms with Crippen LogP contribution < -0.4 is 5.32 Å². The molecule has 1 N–H and O–H groups in total. The highest BCUT2D eigenvalue weighted by atomic mass is 32.2. The molecule has 30 heavy (non-hydrogen) atoms. The van der Waals surface area contributed by atoms with Gasteiger partial charge in [0.25, 0.3) is 0 Å². The van der Waals surface area contributed by atoms with Crippen LogP contribution in [0.2, 0.25) is 0 Å². The highest BCUT2D eigenvalue weighted by molar-refractivity contribution is 7.99. The lowest BCUT2D eigenvalue weighted by molar-refractivity contribution is -0.113. The van der Waals surface area contributed by atoms with Crippen molar-refractivity contribution >= 4 is 34.7 Å². The van der Waals surface area contributed by atoms with Crippen LogP contribution >= 0.6 is 23.1 Å². The van der Waals surface area contributed by atoms with Crippen molar-refractivity contribution in [1.29, 1.82) is 0 Å². The number of thiophene rings is 1. The number of benzene rings is 1. The van der Waals surface area contributed by atoms with Gasteiger partial charge in [0.05, 0.1) is 5.75 Å². The zero-order chi connectivity index (χ0) is 21.1. The van der Waals surface area contributed by atoms with Crippen LogP contribution in [0, 0.1) is 5.92 Å². The molecule has 0 radical (unpaired) electrons. The van der Waals surface area contributed by atoms with Gasteiger partial charge in [0.15, 0.2) is 11.0 Å². The van der Waals surface area contributed by atoms with Gasteiger partial charge < -0.3 is 9.88 Å². The van der Waals surface area contributed by atoms with Crippen molar-refractivity contribution < 1.29 is 4.79 Å². The van der Waals surface area contributed by atoms with Gasteiger partial charge in [-0.1, -0.05) is 43.8 Å². The second-order valence-corrected chi connectivity index (χ2v) is 9.70. The van der Waals surface area contributed by atoms with Crippen molar-refractivity contribution in [3.63, 3.8) is 0 Å². The lowest BCUT2D eigenvalue weighted by Crippen LogP contribution is -2.15. The van der Waals surface area contributed by atoms with E-state index in [0.717, 1.165) is 47.5 Å². The summed E-state index contributed by atoms with van der Waals surface area (Å²) in [5.74, 6) is 1.99. The number of aromatic nitrogens is 3. The van der Waals surface area contributed by atoms with E-state index in [0.29, 0.717) is 5.75 Å². The quantitative estimate of drug-likeness (QED) is 0.497. The minimum absolute atomic E-state index is 0.0185. The molecule has 0 aliphatic heterocycles. The van der Waals surface area contributed by atoms with Crippen LogP contribution in [0.15, 0.2) is 34.8 Å².